The topological polar surface area (TPSA) is 272 Å². The molecule has 0 radical (unpaired) electrons. The first-order valence-corrected chi connectivity index (χ1v) is 49.8. The monoisotopic (exact) mass is 1990 g/mol. The van der Waals surface area contributed by atoms with Gasteiger partial charge in [0.25, 0.3) is 0 Å². The second-order valence-corrected chi connectivity index (χ2v) is 36.7. The van der Waals surface area contributed by atoms with E-state index in [-0.39, 0.29) is 41.7 Å². The number of aryl methyl sites for hydroxylation is 5. The van der Waals surface area contributed by atoms with E-state index in [0.717, 1.165) is 125 Å². The Morgan fingerprint density at radius 3 is 1.14 bits per heavy atom. The van der Waals surface area contributed by atoms with Crippen LogP contribution in [0, 0.1) is 0 Å². The van der Waals surface area contributed by atoms with E-state index in [1.165, 1.54) is 113 Å². The number of phenols is 2. The fourth-order valence-electron chi connectivity index (χ4n) is 16.5. The van der Waals surface area contributed by atoms with Crippen LogP contribution in [-0.2, 0) is 108 Å². The van der Waals surface area contributed by atoms with Crippen LogP contribution in [0.3, 0.4) is 0 Å². The van der Waals surface area contributed by atoms with Crippen LogP contribution >= 0.6 is 0 Å². The van der Waals surface area contributed by atoms with Gasteiger partial charge in [0.2, 0.25) is 0 Å². The number of nitrogens with zero attached hydrogens (tertiary/aromatic N) is 2. The summed E-state index contributed by atoms with van der Waals surface area (Å²) in [4.78, 5) is 59.4. The van der Waals surface area contributed by atoms with Crippen LogP contribution in [0.15, 0.2) is 322 Å². The van der Waals surface area contributed by atoms with E-state index in [9.17, 15) is 55.8 Å². The van der Waals surface area contributed by atoms with Gasteiger partial charge in [-0.05, 0) is 327 Å². The van der Waals surface area contributed by atoms with Crippen molar-refractivity contribution in [2.75, 3.05) is 61.7 Å². The number of carbonyl (C=O) groups excluding carboxylic acids is 5. The molecule has 0 spiro atoms. The van der Waals surface area contributed by atoms with Crippen molar-refractivity contribution in [2.24, 2.45) is 0 Å². The number of nitrogens with two attached hydrogens (primary N) is 1. The number of aromatic hydroxyl groups is 2. The molecule has 15 rings (SSSR count). The molecular formula is C121H134F3N5O15S. The largest absolute Gasteiger partial charge is 0.534 e. The second-order valence-electron chi connectivity index (χ2n) is 35.1. The van der Waals surface area contributed by atoms with E-state index in [0.29, 0.717) is 47.6 Å². The summed E-state index contributed by atoms with van der Waals surface area (Å²) in [6.45, 7) is 20.9. The number of anilines is 5. The average molecular weight is 1990 g/mol. The molecule has 6 N–H and O–H groups in total. The van der Waals surface area contributed by atoms with Crippen molar-refractivity contribution in [1.82, 2.24) is 0 Å². The molecule has 0 amide bonds. The Labute approximate surface area is 852 Å². The van der Waals surface area contributed by atoms with E-state index >= 15 is 0 Å². The Morgan fingerprint density at radius 1 is 0.421 bits per heavy atom. The summed E-state index contributed by atoms with van der Waals surface area (Å²) in [5, 5.41) is 26.5. The number of rotatable bonds is 30. The predicted molar refractivity (Wildman–Crippen MR) is 579 cm³/mol. The quantitative estimate of drug-likeness (QED) is 0.00532. The van der Waals surface area contributed by atoms with E-state index < -0.39 is 27.6 Å². The Bertz CT molecular complexity index is 6500. The highest BCUT2D eigenvalue weighted by Crippen LogP contribution is 2.45. The van der Waals surface area contributed by atoms with Crippen molar-refractivity contribution in [3.8, 4) is 28.7 Å². The molecule has 2 aliphatic heterocycles. The van der Waals surface area contributed by atoms with Gasteiger partial charge in [-0.15, -0.1) is 0 Å². The van der Waals surface area contributed by atoms with Gasteiger partial charge in [0, 0.05) is 82.8 Å². The van der Waals surface area contributed by atoms with Crippen molar-refractivity contribution < 1.29 is 83.6 Å². The highest BCUT2D eigenvalue weighted by atomic mass is 32.2. The Morgan fingerprint density at radius 2 is 0.766 bits per heavy atom. The first kappa shape index (κ1) is 113. The first-order chi connectivity index (χ1) is 69.6. The lowest BCUT2D eigenvalue weighted by atomic mass is 9.84. The van der Waals surface area contributed by atoms with Crippen LogP contribution in [0.25, 0.3) is 18.2 Å². The predicted octanol–water partition coefficient (Wildman–Crippen LogP) is 25.5. The Balaban J connectivity index is 0.000000198. The van der Waals surface area contributed by atoms with Crippen LogP contribution in [-0.4, -0.2) is 114 Å². The molecule has 13 aromatic rings. The van der Waals surface area contributed by atoms with E-state index in [2.05, 4.69) is 216 Å². The third kappa shape index (κ3) is 35.9. The number of esters is 3. The van der Waals surface area contributed by atoms with Gasteiger partial charge < -0.3 is 64.2 Å². The van der Waals surface area contributed by atoms with Gasteiger partial charge in [0.1, 0.15) is 40.8 Å². The minimum Gasteiger partial charge on any atom is -0.508 e. The van der Waals surface area contributed by atoms with Crippen molar-refractivity contribution in [2.45, 2.75) is 175 Å². The van der Waals surface area contributed by atoms with Crippen molar-refractivity contribution in [3.05, 3.63) is 422 Å². The number of benzene rings is 13. The van der Waals surface area contributed by atoms with Crippen molar-refractivity contribution in [3.63, 3.8) is 0 Å². The summed E-state index contributed by atoms with van der Waals surface area (Å²) in [6, 6.07) is 98.7. The normalized spacial score (nSPS) is 14.3. The molecule has 0 aromatic heterocycles. The fourth-order valence-corrected chi connectivity index (χ4v) is 17.0. The average Bonchev–Trinajstić information content (AvgIpc) is 0.755. The molecule has 6 unspecified atom stereocenters. The van der Waals surface area contributed by atoms with Crippen LogP contribution in [0.1, 0.15) is 186 Å². The number of hydrogen-bond acceptors (Lipinski definition) is 20. The smallest absolute Gasteiger partial charge is 0.508 e. The number of aldehydes is 1. The maximum atomic E-state index is 12.9. The van der Waals surface area contributed by atoms with Crippen LogP contribution in [0.4, 0.5) is 41.6 Å². The number of methoxy groups -OCH3 is 5. The SMILES string of the molecule is CCc1ccc(N)cc1.CCc1ccc(N2C(C)Cc3cc(O)ccc3C2c2ccc(/C=C/C(=O)OC)cc2)cc1.CCc1ccc(N2C(C)Cc3cc(OS(=O)(=O)C(F)(F)F)ccc3C2c2ccc(/C=C/C(=O)OC)cc2)cc1.CCc1ccc(NC(C)Cc2cccc(O)c2)cc1.CCc1ccc(NC(C)Cc2cccc(OC)c2)cc1.COC(=O)/C=C/c1ccc(C=O)cc1.COc1cccc(CC(C)=O)c1. The highest BCUT2D eigenvalue weighted by molar-refractivity contribution is 7.88. The number of carbonyl (C=O) groups is 5. The molecule has 760 valence electrons. The van der Waals surface area contributed by atoms with Gasteiger partial charge in [-0.3, -0.25) is 9.59 Å². The number of fused-ring (bicyclic) bond motifs is 2. The van der Waals surface area contributed by atoms with Crippen LogP contribution in [0.5, 0.6) is 28.7 Å². The molecule has 13 aromatic carbocycles. The first-order valence-electron chi connectivity index (χ1n) is 48.4. The summed E-state index contributed by atoms with van der Waals surface area (Å²) in [5.41, 5.74) is 24.4. The minimum atomic E-state index is -5.79. The van der Waals surface area contributed by atoms with Gasteiger partial charge in [0.15, 0.2) is 0 Å². The Hall–Kier alpha value is -15.4. The zero-order valence-electron chi connectivity index (χ0n) is 85.2. The van der Waals surface area contributed by atoms with E-state index in [1.54, 1.807) is 81.8 Å². The van der Waals surface area contributed by atoms with E-state index in [4.69, 9.17) is 15.2 Å². The summed E-state index contributed by atoms with van der Waals surface area (Å²) in [7, 11) is 1.53. The van der Waals surface area contributed by atoms with Gasteiger partial charge in [0.05, 0.1) is 47.6 Å². The molecule has 145 heavy (non-hydrogen) atoms. The number of hydrogen-bond donors (Lipinski definition) is 5. The number of phenolic OH excluding ortho intramolecular Hbond substituents is 2. The lowest BCUT2D eigenvalue weighted by molar-refractivity contribution is -0.135. The highest BCUT2D eigenvalue weighted by Gasteiger charge is 2.49. The van der Waals surface area contributed by atoms with Crippen molar-refractivity contribution >= 4 is 86.8 Å². The van der Waals surface area contributed by atoms with Crippen LogP contribution in [0.2, 0.25) is 0 Å². The van der Waals surface area contributed by atoms with Crippen molar-refractivity contribution in [1.29, 1.82) is 0 Å². The maximum absolute atomic E-state index is 12.9. The van der Waals surface area contributed by atoms with Gasteiger partial charge >= 0.3 is 33.5 Å². The second kappa shape index (κ2) is 57.0. The molecule has 2 aliphatic rings. The van der Waals surface area contributed by atoms with Gasteiger partial charge in [-0.1, -0.05) is 217 Å². The van der Waals surface area contributed by atoms with Gasteiger partial charge in [-0.2, -0.15) is 21.6 Å². The standard InChI is InChI=1S/C29H28F3NO5S.C28H29NO3.C18H23NO.C17H21NO.C11H10O3.C10H12O2.C8H11N/c1-4-20-7-12-24(13-8-20)33-19(2)17-23-18-25(38-39(35,36)29(30,31)32)14-15-26(23)28(33)22-10-5-21(6-11-22)9-16-27(34)37-3;1-4-20-7-12-24(13-8-20)29-19(2)17-23-18-25(30)14-15-26(23)28(29)22-10-5-21(6-11-22)9-16-27(31)32-3;1-4-15-8-10-17(11-9-15)19-14(2)12-16-6-5-7-18(13-16)20-3;1-3-14-7-9-16(10-8-14)18-13(2)11-15-5-4-6-17(19)12-15;1-14-11(13)7-6-9-2-4-10(8-12)5-3-9;1-8(11)6-9-4-3-5-10(7-9)12-2;1-2-7-3-5-8(9)6-4-7/h5-16,18-19,28H,4,17H2,1-3H3;5-16,18-19,28,30H,4,17H2,1-3H3;5-11,13-14,19H,4,12H2,1-3H3;4-10,12-13,18-19H,3,11H2,1-2H3;2-8H,1H3;3-5,7H,6H2,1-2H3;3-6H,2,9H2,1H3/b2*16-9+;;;7-6+;;. The fraction of sp³-hybridized carbons (Fsp3) is 0.264. The Kier molecular flexibility index (Phi) is 44.5. The molecule has 0 saturated heterocycles. The summed E-state index contributed by atoms with van der Waals surface area (Å²) < 4.78 is 90.3. The lowest BCUT2D eigenvalue weighted by Crippen LogP contribution is -2.43. The number of Topliss-reactive ketones (excluding diaryl/α,β-unsaturated/α-hetero) is 1. The molecule has 6 atom stereocenters. The zero-order chi connectivity index (χ0) is 105. The summed E-state index contributed by atoms with van der Waals surface area (Å²) in [6.07, 6.45) is 18.7. The molecule has 20 nitrogen and oxygen atoms in total. The molecule has 0 bridgehead atoms. The summed E-state index contributed by atoms with van der Waals surface area (Å²) >= 11 is 0. The van der Waals surface area contributed by atoms with Gasteiger partial charge in [-0.25, -0.2) is 14.4 Å². The third-order valence-electron chi connectivity index (χ3n) is 24.2. The molecule has 2 heterocycles. The summed E-state index contributed by atoms with van der Waals surface area (Å²) in [5.74, 6) is 0.896. The molecule has 0 fully saturated rings. The number of ether oxygens (including phenoxy) is 5. The molecule has 24 heteroatoms. The molecule has 0 saturated carbocycles. The maximum Gasteiger partial charge on any atom is 0.534 e. The lowest BCUT2D eigenvalue weighted by Gasteiger charge is -2.44. The molecule has 0 aliphatic carbocycles. The number of ketones is 1. The third-order valence-corrected chi connectivity index (χ3v) is 25.2. The number of nitrogens with one attached hydrogen (secondary N) is 2. The van der Waals surface area contributed by atoms with E-state index in [1.807, 2.05) is 134 Å². The zero-order valence-corrected chi connectivity index (χ0v) is 86.0. The van der Waals surface area contributed by atoms with Crippen LogP contribution < -0.4 is 39.8 Å². The number of nitrogen functional groups attached to an aromatic ring is 1. The number of halogens is 3. The minimum absolute atomic E-state index is 0.0282. The molecular weight excluding hydrogens is 1850 g/mol. The number of alkyl halides is 3.